The van der Waals surface area contributed by atoms with E-state index in [1.165, 1.54) is 0 Å². The van der Waals surface area contributed by atoms with Crippen molar-refractivity contribution in [1.29, 1.82) is 0 Å². The highest BCUT2D eigenvalue weighted by Gasteiger charge is 2.09. The van der Waals surface area contributed by atoms with Crippen LogP contribution in [0.2, 0.25) is 0 Å². The van der Waals surface area contributed by atoms with Gasteiger partial charge in [-0.05, 0) is 6.08 Å². The lowest BCUT2D eigenvalue weighted by Crippen LogP contribution is -2.25. The molecule has 1 aliphatic heterocycles. The smallest absolute Gasteiger partial charge is 0.146 e. The monoisotopic (exact) mass is 100 g/mol. The zero-order chi connectivity index (χ0) is 5.28. The first-order chi connectivity index (χ1) is 3.30. The lowest BCUT2D eigenvalue weighted by atomic mass is 10.4. The van der Waals surface area contributed by atoms with E-state index in [1.54, 1.807) is 6.08 Å². The first-order valence-electron chi connectivity index (χ1n) is 2.13. The fourth-order valence-corrected chi connectivity index (χ4v) is 0.460. The van der Waals surface area contributed by atoms with Crippen molar-refractivity contribution >= 4 is 0 Å². The van der Waals surface area contributed by atoms with Gasteiger partial charge in [-0.2, -0.15) is 0 Å². The Hall–Kier alpha value is -0.540. The van der Waals surface area contributed by atoms with Crippen molar-refractivity contribution in [3.05, 3.63) is 11.8 Å². The van der Waals surface area contributed by atoms with Crippen LogP contribution >= 0.6 is 0 Å². The third-order valence-corrected chi connectivity index (χ3v) is 0.923. The third kappa shape index (κ3) is 0.730. The van der Waals surface area contributed by atoms with Gasteiger partial charge in [0.1, 0.15) is 6.23 Å². The molecule has 3 heteroatoms. The molecule has 0 bridgehead atoms. The summed E-state index contributed by atoms with van der Waals surface area (Å²) in [4.78, 5) is 0. The molecule has 0 amide bonds. The van der Waals surface area contributed by atoms with Crippen molar-refractivity contribution in [2.24, 2.45) is 11.5 Å². The summed E-state index contributed by atoms with van der Waals surface area (Å²) in [6, 6.07) is 0. The molecule has 1 heterocycles. The fraction of sp³-hybridized carbons (Fsp3) is 0.500. The van der Waals surface area contributed by atoms with E-state index in [0.717, 1.165) is 0 Å². The van der Waals surface area contributed by atoms with Crippen LogP contribution in [0.1, 0.15) is 0 Å². The lowest BCUT2D eigenvalue weighted by molar-refractivity contribution is 0.126. The van der Waals surface area contributed by atoms with Crippen LogP contribution in [0.25, 0.3) is 0 Å². The van der Waals surface area contributed by atoms with Gasteiger partial charge in [0.25, 0.3) is 0 Å². The first kappa shape index (κ1) is 4.61. The Morgan fingerprint density at radius 1 is 1.86 bits per heavy atom. The summed E-state index contributed by atoms with van der Waals surface area (Å²) in [5.41, 5.74) is 11.2. The Kier molecular flexibility index (Phi) is 1.00. The van der Waals surface area contributed by atoms with Gasteiger partial charge < -0.3 is 16.2 Å². The average Bonchev–Trinajstić information content (AvgIpc) is 1.91. The lowest BCUT2D eigenvalue weighted by Gasteiger charge is -2.00. The maximum Gasteiger partial charge on any atom is 0.146 e. The molecule has 1 aliphatic rings. The normalized spacial score (nSPS) is 30.4. The molecule has 1 atom stereocenters. The van der Waals surface area contributed by atoms with Crippen LogP contribution in [0.4, 0.5) is 0 Å². The fourth-order valence-electron chi connectivity index (χ4n) is 0.460. The van der Waals surface area contributed by atoms with E-state index in [-0.39, 0.29) is 6.23 Å². The second kappa shape index (κ2) is 1.52. The SMILES string of the molecule is NC1=CCOC1N. The first-order valence-corrected chi connectivity index (χ1v) is 2.13. The number of hydrogen-bond donors (Lipinski definition) is 2. The molecule has 1 unspecified atom stereocenters. The van der Waals surface area contributed by atoms with Gasteiger partial charge in [-0.15, -0.1) is 0 Å². The van der Waals surface area contributed by atoms with Crippen molar-refractivity contribution in [2.75, 3.05) is 6.61 Å². The summed E-state index contributed by atoms with van der Waals surface area (Å²) >= 11 is 0. The van der Waals surface area contributed by atoms with Crippen LogP contribution in [0.15, 0.2) is 11.8 Å². The molecule has 0 aromatic rings. The maximum atomic E-state index is 5.29. The number of nitrogens with two attached hydrogens (primary N) is 2. The molecule has 0 spiro atoms. The molecule has 0 fully saturated rings. The second-order valence-electron chi connectivity index (χ2n) is 1.46. The van der Waals surface area contributed by atoms with Crippen molar-refractivity contribution < 1.29 is 4.74 Å². The van der Waals surface area contributed by atoms with E-state index in [2.05, 4.69) is 0 Å². The highest BCUT2D eigenvalue weighted by atomic mass is 16.5. The molecule has 0 aliphatic carbocycles. The summed E-state index contributed by atoms with van der Waals surface area (Å²) in [7, 11) is 0. The molecule has 0 saturated carbocycles. The van der Waals surface area contributed by atoms with Crippen LogP contribution in [-0.2, 0) is 4.74 Å². The van der Waals surface area contributed by atoms with Gasteiger partial charge in [0.05, 0.1) is 12.3 Å². The number of rotatable bonds is 0. The maximum absolute atomic E-state index is 5.29. The Morgan fingerprint density at radius 3 is 2.71 bits per heavy atom. The van der Waals surface area contributed by atoms with Gasteiger partial charge in [-0.3, -0.25) is 0 Å². The number of ether oxygens (including phenoxy) is 1. The van der Waals surface area contributed by atoms with Gasteiger partial charge >= 0.3 is 0 Å². The summed E-state index contributed by atoms with van der Waals surface area (Å²) in [6.07, 6.45) is 1.42. The van der Waals surface area contributed by atoms with Gasteiger partial charge in [0.15, 0.2) is 0 Å². The van der Waals surface area contributed by atoms with E-state index in [9.17, 15) is 0 Å². The standard InChI is InChI=1S/C4H8N2O/c5-3-1-2-7-4(3)6/h1,4H,2,5-6H2. The van der Waals surface area contributed by atoms with Crippen molar-refractivity contribution in [3.8, 4) is 0 Å². The van der Waals surface area contributed by atoms with Crippen molar-refractivity contribution in [2.45, 2.75) is 6.23 Å². The number of hydrogen-bond acceptors (Lipinski definition) is 3. The van der Waals surface area contributed by atoms with Crippen molar-refractivity contribution in [3.63, 3.8) is 0 Å². The summed E-state index contributed by atoms with van der Waals surface area (Å²) < 4.78 is 4.83. The van der Waals surface area contributed by atoms with Crippen LogP contribution in [0.5, 0.6) is 0 Å². The second-order valence-corrected chi connectivity index (χ2v) is 1.46. The summed E-state index contributed by atoms with van der Waals surface area (Å²) in [5.74, 6) is 0. The quantitative estimate of drug-likeness (QED) is 0.416. The van der Waals surface area contributed by atoms with Crippen LogP contribution in [0.3, 0.4) is 0 Å². The van der Waals surface area contributed by atoms with Gasteiger partial charge in [0, 0.05) is 0 Å². The molecule has 3 nitrogen and oxygen atoms in total. The summed E-state index contributed by atoms with van der Waals surface area (Å²) in [6.45, 7) is 0.562. The molecule has 0 saturated heterocycles. The average molecular weight is 100 g/mol. The van der Waals surface area contributed by atoms with Crippen LogP contribution in [0, 0.1) is 0 Å². The van der Waals surface area contributed by atoms with Crippen LogP contribution < -0.4 is 11.5 Å². The molecular weight excluding hydrogens is 92.1 g/mol. The third-order valence-electron chi connectivity index (χ3n) is 0.923. The predicted molar refractivity (Wildman–Crippen MR) is 26.2 cm³/mol. The minimum Gasteiger partial charge on any atom is -0.399 e. The Labute approximate surface area is 41.9 Å². The highest BCUT2D eigenvalue weighted by Crippen LogP contribution is 2.00. The molecule has 0 radical (unpaired) electrons. The van der Waals surface area contributed by atoms with E-state index in [1.807, 2.05) is 0 Å². The van der Waals surface area contributed by atoms with E-state index in [0.29, 0.717) is 12.3 Å². The molecule has 0 aromatic carbocycles. The van der Waals surface area contributed by atoms with Gasteiger partial charge in [-0.25, -0.2) is 0 Å². The Morgan fingerprint density at radius 2 is 2.57 bits per heavy atom. The predicted octanol–water partition coefficient (Wildman–Crippen LogP) is -0.856. The Bertz CT molecular complexity index is 99.9. The van der Waals surface area contributed by atoms with Gasteiger partial charge in [-0.1, -0.05) is 0 Å². The zero-order valence-corrected chi connectivity index (χ0v) is 3.92. The van der Waals surface area contributed by atoms with Crippen molar-refractivity contribution in [1.82, 2.24) is 0 Å². The minimum absolute atomic E-state index is 0.347. The Balaban J connectivity index is 2.54. The van der Waals surface area contributed by atoms with E-state index in [4.69, 9.17) is 16.2 Å². The highest BCUT2D eigenvalue weighted by molar-refractivity contribution is 5.05. The minimum atomic E-state index is -0.347. The zero-order valence-electron chi connectivity index (χ0n) is 3.92. The van der Waals surface area contributed by atoms with E-state index < -0.39 is 0 Å². The van der Waals surface area contributed by atoms with E-state index >= 15 is 0 Å². The molecule has 7 heavy (non-hydrogen) atoms. The molecule has 4 N–H and O–H groups in total. The largest absolute Gasteiger partial charge is 0.399 e. The molecule has 40 valence electrons. The molecule has 0 aromatic heterocycles. The van der Waals surface area contributed by atoms with Crippen LogP contribution in [-0.4, -0.2) is 12.8 Å². The molecule has 1 rings (SSSR count). The van der Waals surface area contributed by atoms with Gasteiger partial charge in [0.2, 0.25) is 0 Å². The summed E-state index contributed by atoms with van der Waals surface area (Å²) in [5, 5.41) is 0. The topological polar surface area (TPSA) is 61.3 Å². The molecular formula is C4H8N2O.